The normalized spacial score (nSPS) is 19.4. The highest BCUT2D eigenvalue weighted by Crippen LogP contribution is 2.17. The quantitative estimate of drug-likeness (QED) is 0.751. The second kappa shape index (κ2) is 7.45. The van der Waals surface area contributed by atoms with Crippen molar-refractivity contribution in [2.24, 2.45) is 5.92 Å². The first kappa shape index (κ1) is 16.1. The molecule has 1 heterocycles. The van der Waals surface area contributed by atoms with Gasteiger partial charge in [-0.1, -0.05) is 6.92 Å². The number of hydrogen-bond donors (Lipinski definition) is 2. The van der Waals surface area contributed by atoms with Gasteiger partial charge in [0.25, 0.3) is 10.2 Å². The van der Waals surface area contributed by atoms with Crippen LogP contribution >= 0.6 is 12.4 Å². The van der Waals surface area contributed by atoms with Gasteiger partial charge in [0.1, 0.15) is 0 Å². The first-order valence-corrected chi connectivity index (χ1v) is 6.93. The van der Waals surface area contributed by atoms with Gasteiger partial charge in [-0.05, 0) is 32.4 Å². The SMILES string of the molecule is CCNS(=O)(=O)N1CCC(CNC)CC1.Cl. The van der Waals surface area contributed by atoms with Crippen molar-refractivity contribution >= 4 is 22.6 Å². The zero-order chi connectivity index (χ0) is 11.3. The molecule has 1 aliphatic heterocycles. The minimum absolute atomic E-state index is 0. The van der Waals surface area contributed by atoms with Gasteiger partial charge in [0, 0.05) is 19.6 Å². The number of piperidine rings is 1. The Morgan fingerprint density at radius 1 is 1.31 bits per heavy atom. The summed E-state index contributed by atoms with van der Waals surface area (Å²) < 4.78 is 27.4. The Hall–Kier alpha value is 0.120. The van der Waals surface area contributed by atoms with Crippen LogP contribution in [0, 0.1) is 5.92 Å². The average Bonchev–Trinajstić information content (AvgIpc) is 2.19. The molecule has 1 saturated heterocycles. The Bertz CT molecular complexity index is 276. The molecule has 0 atom stereocenters. The Kier molecular flexibility index (Phi) is 7.50. The van der Waals surface area contributed by atoms with E-state index in [1.807, 2.05) is 7.05 Å². The lowest BCUT2D eigenvalue weighted by Crippen LogP contribution is -2.45. The lowest BCUT2D eigenvalue weighted by atomic mass is 9.98. The third-order valence-corrected chi connectivity index (χ3v) is 4.43. The number of rotatable bonds is 5. The van der Waals surface area contributed by atoms with E-state index in [4.69, 9.17) is 0 Å². The average molecular weight is 272 g/mol. The Labute approximate surface area is 105 Å². The molecule has 0 radical (unpaired) electrons. The maximum Gasteiger partial charge on any atom is 0.279 e. The molecule has 5 nitrogen and oxygen atoms in total. The smallest absolute Gasteiger partial charge is 0.279 e. The molecule has 16 heavy (non-hydrogen) atoms. The highest BCUT2D eigenvalue weighted by molar-refractivity contribution is 7.87. The third kappa shape index (κ3) is 4.55. The zero-order valence-corrected chi connectivity index (χ0v) is 11.5. The van der Waals surface area contributed by atoms with E-state index in [-0.39, 0.29) is 12.4 Å². The van der Waals surface area contributed by atoms with Crippen LogP contribution in [0.15, 0.2) is 0 Å². The molecule has 0 aromatic rings. The van der Waals surface area contributed by atoms with Crippen LogP contribution in [0.4, 0.5) is 0 Å². The van der Waals surface area contributed by atoms with Crippen molar-refractivity contribution in [2.75, 3.05) is 33.2 Å². The summed E-state index contributed by atoms with van der Waals surface area (Å²) in [7, 11) is -1.28. The second-order valence-electron chi connectivity index (χ2n) is 3.90. The van der Waals surface area contributed by atoms with Crippen molar-refractivity contribution in [1.29, 1.82) is 0 Å². The van der Waals surface area contributed by atoms with E-state index in [9.17, 15) is 8.42 Å². The fourth-order valence-electron chi connectivity index (χ4n) is 1.92. The zero-order valence-electron chi connectivity index (χ0n) is 9.90. The van der Waals surface area contributed by atoms with Crippen molar-refractivity contribution in [3.63, 3.8) is 0 Å². The second-order valence-corrected chi connectivity index (χ2v) is 5.66. The van der Waals surface area contributed by atoms with Crippen molar-refractivity contribution in [3.05, 3.63) is 0 Å². The van der Waals surface area contributed by atoms with Crippen LogP contribution in [0.1, 0.15) is 19.8 Å². The van der Waals surface area contributed by atoms with Crippen molar-refractivity contribution in [2.45, 2.75) is 19.8 Å². The molecule has 0 amide bonds. The summed E-state index contributed by atoms with van der Waals surface area (Å²) >= 11 is 0. The fourth-order valence-corrected chi connectivity index (χ4v) is 3.16. The topological polar surface area (TPSA) is 61.4 Å². The molecule has 2 N–H and O–H groups in total. The summed E-state index contributed by atoms with van der Waals surface area (Å²) in [5.74, 6) is 0.614. The molecule has 0 bridgehead atoms. The van der Waals surface area contributed by atoms with Gasteiger partial charge < -0.3 is 5.32 Å². The van der Waals surface area contributed by atoms with Gasteiger partial charge in [0.2, 0.25) is 0 Å². The summed E-state index contributed by atoms with van der Waals surface area (Å²) in [6, 6.07) is 0. The van der Waals surface area contributed by atoms with Crippen LogP contribution in [0.5, 0.6) is 0 Å². The Morgan fingerprint density at radius 3 is 2.31 bits per heavy atom. The molecular weight excluding hydrogens is 250 g/mol. The molecule has 0 unspecified atom stereocenters. The first-order valence-electron chi connectivity index (χ1n) is 5.49. The van der Waals surface area contributed by atoms with E-state index in [0.29, 0.717) is 25.6 Å². The van der Waals surface area contributed by atoms with Crippen molar-refractivity contribution in [1.82, 2.24) is 14.3 Å². The highest BCUT2D eigenvalue weighted by atomic mass is 35.5. The molecular formula is C9H22ClN3O2S. The van der Waals surface area contributed by atoms with Crippen LogP contribution in [-0.4, -0.2) is 45.9 Å². The van der Waals surface area contributed by atoms with Gasteiger partial charge in [0.15, 0.2) is 0 Å². The summed E-state index contributed by atoms with van der Waals surface area (Å²) in [5.41, 5.74) is 0. The number of halogens is 1. The van der Waals surface area contributed by atoms with Crippen LogP contribution < -0.4 is 10.0 Å². The molecule has 0 saturated carbocycles. The predicted octanol–water partition coefficient (Wildman–Crippen LogP) is 0.194. The van der Waals surface area contributed by atoms with E-state index in [0.717, 1.165) is 19.4 Å². The van der Waals surface area contributed by atoms with E-state index in [2.05, 4.69) is 10.0 Å². The lowest BCUT2D eigenvalue weighted by molar-refractivity contribution is 0.268. The first-order chi connectivity index (χ1) is 7.10. The number of hydrogen-bond acceptors (Lipinski definition) is 3. The Balaban J connectivity index is 0.00000225. The minimum atomic E-state index is -3.21. The summed E-state index contributed by atoms with van der Waals surface area (Å²) in [6.45, 7) is 4.52. The van der Waals surface area contributed by atoms with Crippen LogP contribution in [0.25, 0.3) is 0 Å². The molecule has 0 aromatic carbocycles. The van der Waals surface area contributed by atoms with Gasteiger partial charge >= 0.3 is 0 Å². The molecule has 7 heteroatoms. The van der Waals surface area contributed by atoms with Crippen molar-refractivity contribution < 1.29 is 8.42 Å². The van der Waals surface area contributed by atoms with E-state index >= 15 is 0 Å². The summed E-state index contributed by atoms with van der Waals surface area (Å²) in [5, 5.41) is 3.13. The minimum Gasteiger partial charge on any atom is -0.319 e. The fraction of sp³-hybridized carbons (Fsp3) is 1.00. The van der Waals surface area contributed by atoms with Crippen LogP contribution in [-0.2, 0) is 10.2 Å². The molecule has 1 rings (SSSR count). The van der Waals surface area contributed by atoms with Gasteiger partial charge in [-0.25, -0.2) is 4.72 Å². The van der Waals surface area contributed by atoms with Gasteiger partial charge in [-0.15, -0.1) is 12.4 Å². The molecule has 1 aliphatic rings. The molecule has 0 aromatic heterocycles. The van der Waals surface area contributed by atoms with E-state index < -0.39 is 10.2 Å². The maximum absolute atomic E-state index is 11.6. The maximum atomic E-state index is 11.6. The van der Waals surface area contributed by atoms with E-state index in [1.165, 1.54) is 0 Å². The number of nitrogens with zero attached hydrogens (tertiary/aromatic N) is 1. The van der Waals surface area contributed by atoms with Gasteiger partial charge in [-0.3, -0.25) is 0 Å². The third-order valence-electron chi connectivity index (χ3n) is 2.73. The van der Waals surface area contributed by atoms with E-state index in [1.54, 1.807) is 11.2 Å². The van der Waals surface area contributed by atoms with Crippen LogP contribution in [0.3, 0.4) is 0 Å². The molecule has 98 valence electrons. The molecule has 0 spiro atoms. The standard InChI is InChI=1S/C9H21N3O2S.ClH/c1-3-11-15(13,14)12-6-4-9(5-7-12)8-10-2;/h9-11H,3-8H2,1-2H3;1H. The molecule has 0 aliphatic carbocycles. The van der Waals surface area contributed by atoms with Gasteiger partial charge in [-0.2, -0.15) is 12.7 Å². The largest absolute Gasteiger partial charge is 0.319 e. The van der Waals surface area contributed by atoms with Crippen LogP contribution in [0.2, 0.25) is 0 Å². The predicted molar refractivity (Wildman–Crippen MR) is 68.1 cm³/mol. The van der Waals surface area contributed by atoms with Crippen molar-refractivity contribution in [3.8, 4) is 0 Å². The lowest BCUT2D eigenvalue weighted by Gasteiger charge is -2.30. The monoisotopic (exact) mass is 271 g/mol. The highest BCUT2D eigenvalue weighted by Gasteiger charge is 2.26. The Morgan fingerprint density at radius 2 is 1.88 bits per heavy atom. The van der Waals surface area contributed by atoms with Gasteiger partial charge in [0.05, 0.1) is 0 Å². The number of nitrogens with one attached hydrogen (secondary N) is 2. The summed E-state index contributed by atoms with van der Waals surface area (Å²) in [4.78, 5) is 0. The summed E-state index contributed by atoms with van der Waals surface area (Å²) in [6.07, 6.45) is 1.90. The molecule has 1 fully saturated rings.